The van der Waals surface area contributed by atoms with E-state index in [-0.39, 0.29) is 6.04 Å². The molecule has 0 unspecified atom stereocenters. The second-order valence-corrected chi connectivity index (χ2v) is 4.97. The fourth-order valence-electron chi connectivity index (χ4n) is 2.74. The Bertz CT molecular complexity index is 408. The van der Waals surface area contributed by atoms with Crippen LogP contribution in [0.2, 0.25) is 0 Å². The summed E-state index contributed by atoms with van der Waals surface area (Å²) in [6.07, 6.45) is 1.68. The van der Waals surface area contributed by atoms with Gasteiger partial charge in [-0.25, -0.2) is 0 Å². The van der Waals surface area contributed by atoms with Crippen LogP contribution < -0.4 is 4.90 Å². The minimum absolute atomic E-state index is 0.337. The second-order valence-electron chi connectivity index (χ2n) is 4.97. The highest BCUT2D eigenvalue weighted by atomic mass is 16.4. The lowest BCUT2D eigenvalue weighted by atomic mass is 10.2. The molecule has 1 atom stereocenters. The summed E-state index contributed by atoms with van der Waals surface area (Å²) >= 11 is 0. The standard InChI is InChI=1S/C15H22N2O2/c1-2-14(15(18)19)17-10-6-9-16(11-12-17)13-7-4-3-5-8-13/h3-5,7-8,14H,2,6,9-12H2,1H3,(H,18,19)/t14-/m0/s1. The lowest BCUT2D eigenvalue weighted by Gasteiger charge is -2.27. The highest BCUT2D eigenvalue weighted by Crippen LogP contribution is 2.17. The first kappa shape index (κ1) is 13.9. The van der Waals surface area contributed by atoms with Gasteiger partial charge < -0.3 is 10.0 Å². The van der Waals surface area contributed by atoms with E-state index in [9.17, 15) is 9.90 Å². The Morgan fingerprint density at radius 1 is 1.21 bits per heavy atom. The number of anilines is 1. The van der Waals surface area contributed by atoms with Crippen LogP contribution in [0, 0.1) is 0 Å². The molecule has 1 heterocycles. The van der Waals surface area contributed by atoms with E-state index in [0.29, 0.717) is 6.42 Å². The van der Waals surface area contributed by atoms with Crippen molar-refractivity contribution in [1.82, 2.24) is 4.90 Å². The van der Waals surface area contributed by atoms with Crippen molar-refractivity contribution in [2.24, 2.45) is 0 Å². The van der Waals surface area contributed by atoms with Crippen LogP contribution in [0.25, 0.3) is 0 Å². The molecule has 0 aliphatic carbocycles. The van der Waals surface area contributed by atoms with Gasteiger partial charge in [-0.3, -0.25) is 9.69 Å². The van der Waals surface area contributed by atoms with E-state index in [0.717, 1.165) is 32.6 Å². The van der Waals surface area contributed by atoms with Gasteiger partial charge in [0.25, 0.3) is 0 Å². The minimum Gasteiger partial charge on any atom is -0.480 e. The molecule has 1 N–H and O–H groups in total. The number of nitrogens with zero attached hydrogens (tertiary/aromatic N) is 2. The summed E-state index contributed by atoms with van der Waals surface area (Å²) in [4.78, 5) is 15.7. The molecule has 1 saturated heterocycles. The number of aliphatic carboxylic acids is 1. The predicted octanol–water partition coefficient (Wildman–Crippen LogP) is 2.06. The number of carbonyl (C=O) groups is 1. The lowest BCUT2D eigenvalue weighted by Crippen LogP contribution is -2.42. The molecule has 4 heteroatoms. The first-order valence-corrected chi connectivity index (χ1v) is 6.99. The smallest absolute Gasteiger partial charge is 0.320 e. The van der Waals surface area contributed by atoms with Gasteiger partial charge in [0.15, 0.2) is 0 Å². The Hall–Kier alpha value is -1.55. The van der Waals surface area contributed by atoms with Gasteiger partial charge in [-0.05, 0) is 25.0 Å². The van der Waals surface area contributed by atoms with Crippen molar-refractivity contribution in [2.45, 2.75) is 25.8 Å². The number of hydrogen-bond acceptors (Lipinski definition) is 3. The third-order valence-corrected chi connectivity index (χ3v) is 3.76. The van der Waals surface area contributed by atoms with Crippen molar-refractivity contribution in [3.05, 3.63) is 30.3 Å². The lowest BCUT2D eigenvalue weighted by molar-refractivity contribution is -0.143. The van der Waals surface area contributed by atoms with Gasteiger partial charge in [0, 0.05) is 31.9 Å². The summed E-state index contributed by atoms with van der Waals surface area (Å²) in [6.45, 7) is 5.52. The van der Waals surface area contributed by atoms with Gasteiger partial charge in [0.05, 0.1) is 0 Å². The predicted molar refractivity (Wildman–Crippen MR) is 76.6 cm³/mol. The van der Waals surface area contributed by atoms with Gasteiger partial charge in [-0.1, -0.05) is 25.1 Å². The van der Waals surface area contributed by atoms with Crippen molar-refractivity contribution in [3.63, 3.8) is 0 Å². The quantitative estimate of drug-likeness (QED) is 0.902. The van der Waals surface area contributed by atoms with Gasteiger partial charge in [-0.15, -0.1) is 0 Å². The van der Waals surface area contributed by atoms with Crippen LogP contribution in [0.3, 0.4) is 0 Å². The number of carboxylic acids is 1. The van der Waals surface area contributed by atoms with E-state index < -0.39 is 5.97 Å². The third-order valence-electron chi connectivity index (χ3n) is 3.76. The molecule has 1 fully saturated rings. The molecule has 0 bridgehead atoms. The second kappa shape index (κ2) is 6.57. The van der Waals surface area contributed by atoms with Crippen LogP contribution in [0.15, 0.2) is 30.3 Å². The maximum Gasteiger partial charge on any atom is 0.320 e. The van der Waals surface area contributed by atoms with Crippen molar-refractivity contribution >= 4 is 11.7 Å². The maximum atomic E-state index is 11.2. The van der Waals surface area contributed by atoms with Crippen LogP contribution in [-0.2, 0) is 4.79 Å². The summed E-state index contributed by atoms with van der Waals surface area (Å²) in [5.41, 5.74) is 1.23. The highest BCUT2D eigenvalue weighted by molar-refractivity contribution is 5.73. The SMILES string of the molecule is CC[C@@H](C(=O)O)N1CCCN(c2ccccc2)CC1. The maximum absolute atomic E-state index is 11.2. The minimum atomic E-state index is -0.698. The Kier molecular flexibility index (Phi) is 4.80. The van der Waals surface area contributed by atoms with E-state index >= 15 is 0 Å². The molecule has 104 valence electrons. The van der Waals surface area contributed by atoms with Gasteiger partial charge in [0.1, 0.15) is 6.04 Å². The van der Waals surface area contributed by atoms with Crippen LogP contribution in [0.1, 0.15) is 19.8 Å². The summed E-state index contributed by atoms with van der Waals surface area (Å²) < 4.78 is 0. The number of rotatable bonds is 4. The van der Waals surface area contributed by atoms with Crippen molar-refractivity contribution in [1.29, 1.82) is 0 Å². The zero-order chi connectivity index (χ0) is 13.7. The van der Waals surface area contributed by atoms with Crippen LogP contribution in [0.5, 0.6) is 0 Å². The zero-order valence-electron chi connectivity index (χ0n) is 11.5. The molecular weight excluding hydrogens is 240 g/mol. The number of para-hydroxylation sites is 1. The van der Waals surface area contributed by atoms with Crippen molar-refractivity contribution in [3.8, 4) is 0 Å². The first-order chi connectivity index (χ1) is 9.22. The molecule has 1 aromatic carbocycles. The molecule has 0 aromatic heterocycles. The molecule has 0 saturated carbocycles. The first-order valence-electron chi connectivity index (χ1n) is 6.99. The fraction of sp³-hybridized carbons (Fsp3) is 0.533. The molecule has 0 radical (unpaired) electrons. The molecule has 19 heavy (non-hydrogen) atoms. The van der Waals surface area contributed by atoms with Crippen LogP contribution in [0.4, 0.5) is 5.69 Å². The molecule has 4 nitrogen and oxygen atoms in total. The Balaban J connectivity index is 2.00. The monoisotopic (exact) mass is 262 g/mol. The molecule has 1 aliphatic heterocycles. The normalized spacial score (nSPS) is 18.9. The van der Waals surface area contributed by atoms with Gasteiger partial charge >= 0.3 is 5.97 Å². The Morgan fingerprint density at radius 3 is 2.58 bits per heavy atom. The van der Waals surface area contributed by atoms with E-state index in [1.165, 1.54) is 5.69 Å². The Morgan fingerprint density at radius 2 is 1.95 bits per heavy atom. The largest absolute Gasteiger partial charge is 0.480 e. The highest BCUT2D eigenvalue weighted by Gasteiger charge is 2.25. The molecule has 0 spiro atoms. The van der Waals surface area contributed by atoms with Gasteiger partial charge in [0.2, 0.25) is 0 Å². The van der Waals surface area contributed by atoms with E-state index in [4.69, 9.17) is 0 Å². The Labute approximate surface area is 114 Å². The molecule has 0 amide bonds. The van der Waals surface area contributed by atoms with Crippen molar-refractivity contribution < 1.29 is 9.90 Å². The van der Waals surface area contributed by atoms with E-state index in [2.05, 4.69) is 21.9 Å². The summed E-state index contributed by atoms with van der Waals surface area (Å²) in [6, 6.07) is 10.0. The van der Waals surface area contributed by atoms with Gasteiger partial charge in [-0.2, -0.15) is 0 Å². The topological polar surface area (TPSA) is 43.8 Å². The summed E-state index contributed by atoms with van der Waals surface area (Å²) in [7, 11) is 0. The van der Waals surface area contributed by atoms with E-state index in [1.807, 2.05) is 25.1 Å². The van der Waals surface area contributed by atoms with Crippen LogP contribution in [-0.4, -0.2) is 48.2 Å². The molecular formula is C15H22N2O2. The molecule has 1 aliphatic rings. The molecule has 1 aromatic rings. The summed E-state index contributed by atoms with van der Waals surface area (Å²) in [5, 5.41) is 9.24. The average Bonchev–Trinajstić information content (AvgIpc) is 2.66. The molecule has 2 rings (SSSR count). The average molecular weight is 262 g/mol. The third kappa shape index (κ3) is 3.47. The zero-order valence-corrected chi connectivity index (χ0v) is 11.5. The number of hydrogen-bond donors (Lipinski definition) is 1. The fourth-order valence-corrected chi connectivity index (χ4v) is 2.74. The van der Waals surface area contributed by atoms with Crippen LogP contribution >= 0.6 is 0 Å². The number of benzene rings is 1. The van der Waals surface area contributed by atoms with E-state index in [1.54, 1.807) is 0 Å². The van der Waals surface area contributed by atoms with Crippen molar-refractivity contribution in [2.75, 3.05) is 31.1 Å². The summed E-state index contributed by atoms with van der Waals surface area (Å²) in [5.74, 6) is -0.698. The number of carboxylic acid groups (broad SMARTS) is 1.